The first-order valence-corrected chi connectivity index (χ1v) is 10.5. The van der Waals surface area contributed by atoms with Gasteiger partial charge in [0.15, 0.2) is 5.78 Å². The van der Waals surface area contributed by atoms with Crippen LogP contribution >= 0.6 is 0 Å². The molecule has 0 fully saturated rings. The Bertz CT molecular complexity index is 1160. The van der Waals surface area contributed by atoms with E-state index >= 15 is 0 Å². The number of nitrogens with zero attached hydrogens (tertiary/aromatic N) is 2. The minimum Gasteiger partial charge on any atom is -0.489 e. The predicted octanol–water partition coefficient (Wildman–Crippen LogP) is 3.42. The smallest absolute Gasteiger partial charge is 0.235 e. The van der Waals surface area contributed by atoms with Crippen molar-refractivity contribution < 1.29 is 14.3 Å². The van der Waals surface area contributed by atoms with Crippen LogP contribution in [0, 0.1) is 11.3 Å². The summed E-state index contributed by atoms with van der Waals surface area (Å²) in [6.45, 7) is 1.77. The first-order chi connectivity index (χ1) is 15.5. The summed E-state index contributed by atoms with van der Waals surface area (Å²) >= 11 is 0. The molecule has 0 saturated heterocycles. The maximum Gasteiger partial charge on any atom is 0.235 e. The van der Waals surface area contributed by atoms with E-state index in [0.717, 1.165) is 11.1 Å². The molecule has 0 aromatic heterocycles. The van der Waals surface area contributed by atoms with Crippen molar-refractivity contribution >= 4 is 11.7 Å². The second-order valence-electron chi connectivity index (χ2n) is 7.83. The van der Waals surface area contributed by atoms with Gasteiger partial charge in [-0.3, -0.25) is 15.0 Å². The van der Waals surface area contributed by atoms with Crippen molar-refractivity contribution in [1.29, 1.82) is 5.26 Å². The van der Waals surface area contributed by atoms with Crippen LogP contribution in [0.2, 0.25) is 0 Å². The third-order valence-corrected chi connectivity index (χ3v) is 5.62. The Kier molecular flexibility index (Phi) is 5.95. The molecule has 0 radical (unpaired) electrons. The Balaban J connectivity index is 1.73. The summed E-state index contributed by atoms with van der Waals surface area (Å²) in [5.74, 6) is -0.200. The number of hydrogen-bond acceptors (Lipinski definition) is 6. The standard InChI is InChI=1S/C25H24N4O3/c1-16(30)28-29-21-11-6-12-22(31)24(21)23(20(14-26)25(29)27)18-9-5-10-19(13-18)32-15-17-7-3-2-4-8-17/h2-5,7-10,13,23H,6,11-12,15,27H2,1H3,(H,28,30). The van der Waals surface area contributed by atoms with Crippen LogP contribution in [0.25, 0.3) is 0 Å². The third kappa shape index (κ3) is 4.08. The van der Waals surface area contributed by atoms with E-state index in [1.54, 1.807) is 0 Å². The molecule has 2 aromatic rings. The van der Waals surface area contributed by atoms with Gasteiger partial charge in [-0.25, -0.2) is 5.01 Å². The summed E-state index contributed by atoms with van der Waals surface area (Å²) in [4.78, 5) is 24.8. The molecule has 0 bridgehead atoms. The number of ether oxygens (including phenoxy) is 1. The van der Waals surface area contributed by atoms with Gasteiger partial charge in [-0.15, -0.1) is 0 Å². The lowest BCUT2D eigenvalue weighted by molar-refractivity contribution is -0.123. The van der Waals surface area contributed by atoms with Crippen LogP contribution in [-0.4, -0.2) is 16.7 Å². The minimum atomic E-state index is -0.604. The van der Waals surface area contributed by atoms with Crippen LogP contribution in [0.4, 0.5) is 0 Å². The van der Waals surface area contributed by atoms with Crippen molar-refractivity contribution in [3.8, 4) is 11.8 Å². The zero-order chi connectivity index (χ0) is 22.7. The van der Waals surface area contributed by atoms with Gasteiger partial charge in [-0.05, 0) is 36.1 Å². The van der Waals surface area contributed by atoms with Gasteiger partial charge in [-0.1, -0.05) is 42.5 Å². The predicted molar refractivity (Wildman–Crippen MR) is 118 cm³/mol. The lowest BCUT2D eigenvalue weighted by Gasteiger charge is -2.39. The average Bonchev–Trinajstić information content (AvgIpc) is 2.80. The van der Waals surface area contributed by atoms with Crippen molar-refractivity contribution in [2.75, 3.05) is 0 Å². The molecule has 2 aromatic carbocycles. The highest BCUT2D eigenvalue weighted by molar-refractivity contribution is 6.00. The van der Waals surface area contributed by atoms with E-state index in [2.05, 4.69) is 11.5 Å². The minimum absolute atomic E-state index is 0.0394. The van der Waals surface area contributed by atoms with Crippen LogP contribution < -0.4 is 15.9 Å². The Hall–Kier alpha value is -4.05. The topological polar surface area (TPSA) is 108 Å². The monoisotopic (exact) mass is 428 g/mol. The molecule has 32 heavy (non-hydrogen) atoms. The Labute approximate surface area is 186 Å². The number of nitrogens with two attached hydrogens (primary N) is 1. The van der Waals surface area contributed by atoms with Crippen LogP contribution in [0.5, 0.6) is 5.75 Å². The second kappa shape index (κ2) is 8.98. The number of ketones is 1. The first-order valence-electron chi connectivity index (χ1n) is 10.5. The van der Waals surface area contributed by atoms with Crippen LogP contribution in [0.1, 0.15) is 43.2 Å². The highest BCUT2D eigenvalue weighted by atomic mass is 16.5. The molecule has 162 valence electrons. The van der Waals surface area contributed by atoms with E-state index in [1.807, 2.05) is 54.6 Å². The molecule has 1 aliphatic carbocycles. The number of Topliss-reactive ketones (excluding diaryl/α,β-unsaturated/α-hetero) is 1. The van der Waals surface area contributed by atoms with E-state index in [9.17, 15) is 14.9 Å². The molecule has 1 amide bonds. The summed E-state index contributed by atoms with van der Waals surface area (Å²) in [5.41, 5.74) is 12.2. The van der Waals surface area contributed by atoms with E-state index < -0.39 is 5.92 Å². The first kappa shape index (κ1) is 21.2. The molecular formula is C25H24N4O3. The number of nitrogens with one attached hydrogen (secondary N) is 1. The maximum absolute atomic E-state index is 13.0. The Morgan fingerprint density at radius 1 is 1.22 bits per heavy atom. The lowest BCUT2D eigenvalue weighted by Crippen LogP contribution is -2.47. The molecule has 7 heteroatoms. The summed E-state index contributed by atoms with van der Waals surface area (Å²) < 4.78 is 5.96. The number of carbonyl (C=O) groups excluding carboxylic acids is 2. The van der Waals surface area contributed by atoms with Crippen molar-refractivity contribution in [1.82, 2.24) is 10.4 Å². The molecule has 7 nitrogen and oxygen atoms in total. The number of nitriles is 1. The summed E-state index contributed by atoms with van der Waals surface area (Å²) in [5, 5.41) is 11.4. The van der Waals surface area contributed by atoms with Crippen molar-refractivity contribution in [3.63, 3.8) is 0 Å². The molecule has 1 aliphatic heterocycles. The molecule has 1 heterocycles. The maximum atomic E-state index is 13.0. The SMILES string of the molecule is CC(=O)NN1C(N)=C(C#N)C(c2cccc(OCc3ccccc3)c2)C2=C1CCCC2=O. The molecular weight excluding hydrogens is 404 g/mol. The number of hydrogen-bond donors (Lipinski definition) is 2. The summed E-state index contributed by atoms with van der Waals surface area (Å²) in [6.07, 6.45) is 1.64. The molecule has 0 spiro atoms. The van der Waals surface area contributed by atoms with Gasteiger partial charge < -0.3 is 10.5 Å². The number of rotatable bonds is 5. The normalized spacial score (nSPS) is 18.2. The van der Waals surface area contributed by atoms with Gasteiger partial charge in [0, 0.05) is 24.6 Å². The van der Waals surface area contributed by atoms with Crippen LogP contribution in [0.15, 0.2) is 77.3 Å². The largest absolute Gasteiger partial charge is 0.489 e. The fourth-order valence-corrected chi connectivity index (χ4v) is 4.23. The second-order valence-corrected chi connectivity index (χ2v) is 7.83. The number of carbonyl (C=O) groups is 2. The van der Waals surface area contributed by atoms with E-state index in [1.165, 1.54) is 11.9 Å². The average molecular weight is 428 g/mol. The fourth-order valence-electron chi connectivity index (χ4n) is 4.23. The number of allylic oxidation sites excluding steroid dienone is 3. The summed E-state index contributed by atoms with van der Waals surface area (Å²) in [6, 6.07) is 19.4. The van der Waals surface area contributed by atoms with Crippen LogP contribution in [0.3, 0.4) is 0 Å². The van der Waals surface area contributed by atoms with Gasteiger partial charge >= 0.3 is 0 Å². The van der Waals surface area contributed by atoms with Gasteiger partial charge in [0.25, 0.3) is 0 Å². The van der Waals surface area contributed by atoms with Gasteiger partial charge in [-0.2, -0.15) is 5.26 Å². The van der Waals surface area contributed by atoms with Crippen molar-refractivity contribution in [2.24, 2.45) is 5.73 Å². The number of hydrazine groups is 1. The van der Waals surface area contributed by atoms with Crippen molar-refractivity contribution in [2.45, 2.75) is 38.7 Å². The van der Waals surface area contributed by atoms with Crippen molar-refractivity contribution in [3.05, 3.63) is 88.4 Å². The summed E-state index contributed by atoms with van der Waals surface area (Å²) in [7, 11) is 0. The molecule has 2 aliphatic rings. The highest BCUT2D eigenvalue weighted by Crippen LogP contribution is 2.44. The molecule has 1 atom stereocenters. The highest BCUT2D eigenvalue weighted by Gasteiger charge is 2.40. The molecule has 0 saturated carbocycles. The fraction of sp³-hybridized carbons (Fsp3) is 0.240. The van der Waals surface area contributed by atoms with Gasteiger partial charge in [0.2, 0.25) is 5.91 Å². The van der Waals surface area contributed by atoms with E-state index in [-0.39, 0.29) is 23.1 Å². The lowest BCUT2D eigenvalue weighted by atomic mass is 9.76. The zero-order valence-corrected chi connectivity index (χ0v) is 17.8. The molecule has 4 rings (SSSR count). The molecule has 3 N–H and O–H groups in total. The van der Waals surface area contributed by atoms with Gasteiger partial charge in [0.1, 0.15) is 18.2 Å². The number of amides is 1. The Morgan fingerprint density at radius 3 is 2.72 bits per heavy atom. The quantitative estimate of drug-likeness (QED) is 0.755. The van der Waals surface area contributed by atoms with Gasteiger partial charge in [0.05, 0.1) is 17.6 Å². The third-order valence-electron chi connectivity index (χ3n) is 5.62. The zero-order valence-electron chi connectivity index (χ0n) is 17.8. The Morgan fingerprint density at radius 2 is 2.00 bits per heavy atom. The van der Waals surface area contributed by atoms with E-state index in [0.29, 0.717) is 42.9 Å². The van der Waals surface area contributed by atoms with E-state index in [4.69, 9.17) is 10.5 Å². The van der Waals surface area contributed by atoms with Crippen LogP contribution in [-0.2, 0) is 16.2 Å². The number of benzene rings is 2. The molecule has 1 unspecified atom stereocenters.